The number of amides is 1. The Kier molecular flexibility index (Phi) is 4.97. The summed E-state index contributed by atoms with van der Waals surface area (Å²) in [6.07, 6.45) is 0. The number of halogens is 1. The van der Waals surface area contributed by atoms with Gasteiger partial charge in [-0.1, -0.05) is 60.7 Å². The number of aromatic nitrogens is 2. The van der Waals surface area contributed by atoms with Gasteiger partial charge in [-0.15, -0.1) is 0 Å². The van der Waals surface area contributed by atoms with E-state index in [0.717, 1.165) is 22.5 Å². The van der Waals surface area contributed by atoms with Crippen LogP contribution in [0.5, 0.6) is 0 Å². The minimum absolute atomic E-state index is 0.147. The highest BCUT2D eigenvalue weighted by Crippen LogP contribution is 2.23. The molecule has 4 aromatic rings. The maximum absolute atomic E-state index is 13.6. The molecule has 0 bridgehead atoms. The second-order valence-corrected chi connectivity index (χ2v) is 6.38. The Bertz CT molecular complexity index is 1090. The van der Waals surface area contributed by atoms with Crippen molar-refractivity contribution in [3.8, 4) is 22.5 Å². The molecule has 0 saturated heterocycles. The van der Waals surface area contributed by atoms with Crippen molar-refractivity contribution in [1.29, 1.82) is 0 Å². The Morgan fingerprint density at radius 3 is 2.36 bits per heavy atom. The maximum atomic E-state index is 13.6. The van der Waals surface area contributed by atoms with E-state index in [0.29, 0.717) is 11.1 Å². The smallest absolute Gasteiger partial charge is 0.251 e. The Balaban J connectivity index is 1.44. The SMILES string of the molecule is O=C(NCc1ccccc1F)c1ccc(-c2cc(-c3ccccc3)n[nH]2)cc1. The summed E-state index contributed by atoms with van der Waals surface area (Å²) in [5, 5.41) is 10.1. The van der Waals surface area contributed by atoms with Crippen LogP contribution in [0.1, 0.15) is 15.9 Å². The molecule has 0 unspecified atom stereocenters. The van der Waals surface area contributed by atoms with Gasteiger partial charge in [0.05, 0.1) is 11.4 Å². The van der Waals surface area contributed by atoms with Crippen molar-refractivity contribution < 1.29 is 9.18 Å². The van der Waals surface area contributed by atoms with Crippen LogP contribution in [-0.2, 0) is 6.54 Å². The van der Waals surface area contributed by atoms with E-state index < -0.39 is 0 Å². The third-order valence-corrected chi connectivity index (χ3v) is 4.50. The van der Waals surface area contributed by atoms with E-state index >= 15 is 0 Å². The van der Waals surface area contributed by atoms with Crippen molar-refractivity contribution >= 4 is 5.91 Å². The molecule has 0 saturated carbocycles. The van der Waals surface area contributed by atoms with E-state index in [1.165, 1.54) is 6.07 Å². The molecule has 3 aromatic carbocycles. The van der Waals surface area contributed by atoms with Gasteiger partial charge in [0.1, 0.15) is 5.82 Å². The third kappa shape index (κ3) is 3.83. The molecule has 1 amide bonds. The van der Waals surface area contributed by atoms with Gasteiger partial charge in [0.2, 0.25) is 0 Å². The predicted octanol–water partition coefficient (Wildman–Crippen LogP) is 4.81. The fraction of sp³-hybridized carbons (Fsp3) is 0.0435. The molecule has 0 spiro atoms. The van der Waals surface area contributed by atoms with Crippen molar-refractivity contribution in [3.63, 3.8) is 0 Å². The number of rotatable bonds is 5. The molecule has 0 aliphatic rings. The highest BCUT2D eigenvalue weighted by Gasteiger charge is 2.09. The molecule has 0 aliphatic heterocycles. The first-order valence-corrected chi connectivity index (χ1v) is 8.93. The summed E-state index contributed by atoms with van der Waals surface area (Å²) < 4.78 is 13.6. The zero-order chi connectivity index (χ0) is 19.3. The third-order valence-electron chi connectivity index (χ3n) is 4.50. The predicted molar refractivity (Wildman–Crippen MR) is 107 cm³/mol. The molecular weight excluding hydrogens is 353 g/mol. The number of nitrogens with one attached hydrogen (secondary N) is 2. The highest BCUT2D eigenvalue weighted by atomic mass is 19.1. The average molecular weight is 371 g/mol. The Morgan fingerprint density at radius 1 is 0.893 bits per heavy atom. The summed E-state index contributed by atoms with van der Waals surface area (Å²) in [5.74, 6) is -0.573. The minimum Gasteiger partial charge on any atom is -0.348 e. The number of carbonyl (C=O) groups is 1. The van der Waals surface area contributed by atoms with Crippen LogP contribution in [0.2, 0.25) is 0 Å². The van der Waals surface area contributed by atoms with Gasteiger partial charge in [-0.25, -0.2) is 4.39 Å². The van der Waals surface area contributed by atoms with Crippen LogP contribution in [0.25, 0.3) is 22.5 Å². The molecule has 1 heterocycles. The molecule has 28 heavy (non-hydrogen) atoms. The van der Waals surface area contributed by atoms with Crippen LogP contribution >= 0.6 is 0 Å². The molecule has 5 heteroatoms. The molecule has 4 rings (SSSR count). The summed E-state index contributed by atoms with van der Waals surface area (Å²) in [4.78, 5) is 12.3. The van der Waals surface area contributed by atoms with E-state index in [1.807, 2.05) is 48.5 Å². The van der Waals surface area contributed by atoms with Gasteiger partial charge in [0.25, 0.3) is 5.91 Å². The van der Waals surface area contributed by atoms with Gasteiger partial charge in [-0.05, 0) is 29.8 Å². The monoisotopic (exact) mass is 371 g/mol. The lowest BCUT2D eigenvalue weighted by Gasteiger charge is -2.07. The molecule has 138 valence electrons. The van der Waals surface area contributed by atoms with Crippen LogP contribution < -0.4 is 5.32 Å². The number of benzene rings is 3. The molecule has 0 aliphatic carbocycles. The summed E-state index contributed by atoms with van der Waals surface area (Å²) in [7, 11) is 0. The zero-order valence-corrected chi connectivity index (χ0v) is 15.0. The topological polar surface area (TPSA) is 57.8 Å². The summed E-state index contributed by atoms with van der Waals surface area (Å²) >= 11 is 0. The van der Waals surface area contributed by atoms with E-state index in [1.54, 1.807) is 30.3 Å². The number of carbonyl (C=O) groups excluding carboxylic acids is 1. The molecule has 1 aromatic heterocycles. The second-order valence-electron chi connectivity index (χ2n) is 6.38. The lowest BCUT2D eigenvalue weighted by molar-refractivity contribution is 0.0950. The number of H-pyrrole nitrogens is 1. The van der Waals surface area contributed by atoms with Crippen molar-refractivity contribution in [2.75, 3.05) is 0 Å². The van der Waals surface area contributed by atoms with E-state index in [-0.39, 0.29) is 18.3 Å². The van der Waals surface area contributed by atoms with Gasteiger partial charge in [-0.3, -0.25) is 9.89 Å². The number of hydrogen-bond donors (Lipinski definition) is 2. The lowest BCUT2D eigenvalue weighted by Crippen LogP contribution is -2.23. The highest BCUT2D eigenvalue weighted by molar-refractivity contribution is 5.94. The average Bonchev–Trinajstić information content (AvgIpc) is 3.24. The standard InChI is InChI=1S/C23H18FN3O/c24-20-9-5-4-8-19(20)15-25-23(28)18-12-10-17(11-13-18)22-14-21(26-27-22)16-6-2-1-3-7-16/h1-14H,15H2,(H,25,28)(H,26,27). The number of aromatic amines is 1. The van der Waals surface area contributed by atoms with E-state index in [9.17, 15) is 9.18 Å². The van der Waals surface area contributed by atoms with Gasteiger partial charge in [0, 0.05) is 23.2 Å². The Hall–Kier alpha value is -3.73. The molecule has 0 fully saturated rings. The van der Waals surface area contributed by atoms with Gasteiger partial charge in [0.15, 0.2) is 0 Å². The molecule has 2 N–H and O–H groups in total. The zero-order valence-electron chi connectivity index (χ0n) is 15.0. The summed E-state index contributed by atoms with van der Waals surface area (Å²) in [5.41, 5.74) is 4.68. The normalized spacial score (nSPS) is 10.6. The fourth-order valence-corrected chi connectivity index (χ4v) is 2.95. The molecule has 4 nitrogen and oxygen atoms in total. The molecular formula is C23H18FN3O. The molecule has 0 radical (unpaired) electrons. The van der Waals surface area contributed by atoms with Crippen molar-refractivity contribution in [2.45, 2.75) is 6.54 Å². The van der Waals surface area contributed by atoms with Crippen molar-refractivity contribution in [2.24, 2.45) is 0 Å². The van der Waals surface area contributed by atoms with Crippen LogP contribution in [0.3, 0.4) is 0 Å². The van der Waals surface area contributed by atoms with Crippen molar-refractivity contribution in [1.82, 2.24) is 15.5 Å². The van der Waals surface area contributed by atoms with Crippen LogP contribution in [0, 0.1) is 5.82 Å². The molecule has 0 atom stereocenters. The fourth-order valence-electron chi connectivity index (χ4n) is 2.95. The van der Waals surface area contributed by atoms with Gasteiger partial charge < -0.3 is 5.32 Å². The van der Waals surface area contributed by atoms with Gasteiger partial charge >= 0.3 is 0 Å². The number of nitrogens with zero attached hydrogens (tertiary/aromatic N) is 1. The van der Waals surface area contributed by atoms with Gasteiger partial charge in [-0.2, -0.15) is 5.10 Å². The minimum atomic E-state index is -0.327. The number of hydrogen-bond acceptors (Lipinski definition) is 2. The van der Waals surface area contributed by atoms with Crippen molar-refractivity contribution in [3.05, 3.63) is 102 Å². The first kappa shape index (κ1) is 17.7. The first-order valence-electron chi connectivity index (χ1n) is 8.93. The van der Waals surface area contributed by atoms with Crippen LogP contribution in [-0.4, -0.2) is 16.1 Å². The lowest BCUT2D eigenvalue weighted by atomic mass is 10.1. The summed E-state index contributed by atoms with van der Waals surface area (Å²) in [6.45, 7) is 0.147. The maximum Gasteiger partial charge on any atom is 0.251 e. The Labute approximate surface area is 162 Å². The largest absolute Gasteiger partial charge is 0.348 e. The Morgan fingerprint density at radius 2 is 1.61 bits per heavy atom. The van der Waals surface area contributed by atoms with Crippen LogP contribution in [0.15, 0.2) is 84.9 Å². The van der Waals surface area contributed by atoms with E-state index in [4.69, 9.17) is 0 Å². The quantitative estimate of drug-likeness (QED) is 0.529. The van der Waals surface area contributed by atoms with E-state index in [2.05, 4.69) is 15.5 Å². The second kappa shape index (κ2) is 7.88. The summed E-state index contributed by atoms with van der Waals surface area (Å²) in [6, 6.07) is 25.5. The van der Waals surface area contributed by atoms with Crippen LogP contribution in [0.4, 0.5) is 4.39 Å². The first-order chi connectivity index (χ1) is 13.7.